The van der Waals surface area contributed by atoms with Crippen LogP contribution >= 0.6 is 8.58 Å². The van der Waals surface area contributed by atoms with Crippen LogP contribution in [0.3, 0.4) is 0 Å². The molecule has 0 saturated heterocycles. The van der Waals surface area contributed by atoms with Crippen molar-refractivity contribution in [3.8, 4) is 0 Å². The normalized spacial score (nSPS) is 14.6. The van der Waals surface area contributed by atoms with E-state index in [1.54, 1.807) is 0 Å². The lowest BCUT2D eigenvalue weighted by Gasteiger charge is -2.23. The molecule has 0 aliphatic heterocycles. The Morgan fingerprint density at radius 1 is 0.941 bits per heavy atom. The van der Waals surface area contributed by atoms with E-state index >= 15 is 0 Å². The summed E-state index contributed by atoms with van der Waals surface area (Å²) in [6.07, 6.45) is 13.0. The molecule has 0 saturated carbocycles. The zero-order valence-electron chi connectivity index (χ0n) is 12.9. The Bertz CT molecular complexity index is 157. The molecule has 17 heavy (non-hydrogen) atoms. The summed E-state index contributed by atoms with van der Waals surface area (Å²) >= 11 is 0. The number of unbranched alkanes of at least 4 members (excludes halogenated alkanes) is 5. The summed E-state index contributed by atoms with van der Waals surface area (Å²) < 4.78 is 0. The number of hydrogen-bond acceptors (Lipinski definition) is 0. The molecule has 0 aromatic carbocycles. The fraction of sp³-hybridized carbons (Fsp3) is 1.00. The Morgan fingerprint density at radius 3 is 2.12 bits per heavy atom. The van der Waals surface area contributed by atoms with Crippen LogP contribution in [-0.4, -0.2) is 12.3 Å². The third-order valence-electron chi connectivity index (χ3n) is 3.16. The highest BCUT2D eigenvalue weighted by atomic mass is 31.1. The Hall–Kier alpha value is 0.430. The molecule has 0 N–H and O–H groups in total. The van der Waals surface area contributed by atoms with Gasteiger partial charge in [-0.3, -0.25) is 0 Å². The second-order valence-corrected chi connectivity index (χ2v) is 8.25. The summed E-state index contributed by atoms with van der Waals surface area (Å²) in [6, 6.07) is 0. The lowest BCUT2D eigenvalue weighted by Crippen LogP contribution is -2.12. The third-order valence-corrected chi connectivity index (χ3v) is 4.85. The lowest BCUT2D eigenvalue weighted by atomic mass is 9.86. The topological polar surface area (TPSA) is 0 Å². The fourth-order valence-electron chi connectivity index (χ4n) is 2.50. The Morgan fingerprint density at radius 2 is 1.53 bits per heavy atom. The van der Waals surface area contributed by atoms with E-state index in [2.05, 4.69) is 34.6 Å². The first-order valence-electron chi connectivity index (χ1n) is 7.66. The molecule has 0 nitrogen and oxygen atoms in total. The molecular weight excluding hydrogens is 223 g/mol. The first-order valence-corrected chi connectivity index (χ1v) is 9.08. The van der Waals surface area contributed by atoms with Gasteiger partial charge >= 0.3 is 0 Å². The van der Waals surface area contributed by atoms with Gasteiger partial charge in [0.2, 0.25) is 0 Å². The van der Waals surface area contributed by atoms with Crippen LogP contribution in [0.5, 0.6) is 0 Å². The monoisotopic (exact) mass is 258 g/mol. The van der Waals surface area contributed by atoms with Crippen LogP contribution < -0.4 is 0 Å². The highest BCUT2D eigenvalue weighted by Crippen LogP contribution is 2.28. The quantitative estimate of drug-likeness (QED) is 0.328. The minimum atomic E-state index is 0.518. The van der Waals surface area contributed by atoms with Crippen LogP contribution in [0, 0.1) is 11.3 Å². The van der Waals surface area contributed by atoms with Crippen molar-refractivity contribution in [3.05, 3.63) is 0 Å². The highest BCUT2D eigenvalue weighted by Gasteiger charge is 2.14. The molecule has 0 aliphatic carbocycles. The molecule has 2 unspecified atom stereocenters. The maximum atomic E-state index is 2.43. The molecular formula is C16H35P. The average molecular weight is 258 g/mol. The van der Waals surface area contributed by atoms with Gasteiger partial charge in [0.15, 0.2) is 0 Å². The molecule has 104 valence electrons. The first kappa shape index (κ1) is 17.4. The van der Waals surface area contributed by atoms with E-state index in [0.29, 0.717) is 5.41 Å². The Labute approximate surface area is 112 Å². The summed E-state index contributed by atoms with van der Waals surface area (Å²) in [6.45, 7) is 11.8. The lowest BCUT2D eigenvalue weighted by molar-refractivity contribution is 0.323. The van der Waals surface area contributed by atoms with Gasteiger partial charge in [-0.05, 0) is 36.5 Å². The Balaban J connectivity index is 3.22. The van der Waals surface area contributed by atoms with Crippen LogP contribution in [0.2, 0.25) is 0 Å². The molecule has 2 atom stereocenters. The van der Waals surface area contributed by atoms with Crippen molar-refractivity contribution < 1.29 is 0 Å². The fourth-order valence-corrected chi connectivity index (χ4v) is 3.84. The van der Waals surface area contributed by atoms with Crippen molar-refractivity contribution >= 4 is 8.58 Å². The van der Waals surface area contributed by atoms with Crippen molar-refractivity contribution in [1.82, 2.24) is 0 Å². The Kier molecular flexibility index (Phi) is 10.6. The summed E-state index contributed by atoms with van der Waals surface area (Å²) in [7, 11) is 1.21. The van der Waals surface area contributed by atoms with E-state index in [1.165, 1.54) is 65.9 Å². The van der Waals surface area contributed by atoms with E-state index in [9.17, 15) is 0 Å². The largest absolute Gasteiger partial charge is 0.122 e. The predicted molar refractivity (Wildman–Crippen MR) is 84.7 cm³/mol. The van der Waals surface area contributed by atoms with Gasteiger partial charge in [0.1, 0.15) is 0 Å². The number of rotatable bonds is 10. The van der Waals surface area contributed by atoms with Crippen molar-refractivity contribution in [2.24, 2.45) is 11.3 Å². The van der Waals surface area contributed by atoms with Crippen LogP contribution in [0.25, 0.3) is 0 Å². The SMILES string of the molecule is CCCCCCCCPCC(C)CC(C)(C)C. The third kappa shape index (κ3) is 14.4. The summed E-state index contributed by atoms with van der Waals surface area (Å²) in [5.41, 5.74) is 0.518. The van der Waals surface area contributed by atoms with Gasteiger partial charge in [0.25, 0.3) is 0 Å². The number of hydrogen-bond donors (Lipinski definition) is 0. The van der Waals surface area contributed by atoms with Crippen molar-refractivity contribution in [1.29, 1.82) is 0 Å². The maximum Gasteiger partial charge on any atom is -0.0327 e. The first-order chi connectivity index (χ1) is 7.95. The molecule has 0 bridgehead atoms. The van der Waals surface area contributed by atoms with Gasteiger partial charge < -0.3 is 0 Å². The summed E-state index contributed by atoms with van der Waals surface area (Å²) in [4.78, 5) is 0. The van der Waals surface area contributed by atoms with Gasteiger partial charge in [-0.2, -0.15) is 0 Å². The predicted octanol–water partition coefficient (Wildman–Crippen LogP) is 6.10. The smallest absolute Gasteiger partial charge is 0.0327 e. The van der Waals surface area contributed by atoms with E-state index in [1.807, 2.05) is 0 Å². The molecule has 0 aromatic rings. The van der Waals surface area contributed by atoms with Gasteiger partial charge in [-0.1, -0.05) is 66.7 Å². The minimum absolute atomic E-state index is 0.518. The highest BCUT2D eigenvalue weighted by molar-refractivity contribution is 7.37. The molecule has 1 heteroatoms. The summed E-state index contributed by atoms with van der Waals surface area (Å²) in [5.74, 6) is 0.924. The van der Waals surface area contributed by atoms with E-state index in [4.69, 9.17) is 0 Å². The molecule has 0 heterocycles. The van der Waals surface area contributed by atoms with Gasteiger partial charge in [0.05, 0.1) is 0 Å². The molecule has 0 fully saturated rings. The average Bonchev–Trinajstić information content (AvgIpc) is 2.19. The second kappa shape index (κ2) is 10.4. The zero-order chi connectivity index (χ0) is 13.1. The van der Waals surface area contributed by atoms with E-state index in [0.717, 1.165) is 5.92 Å². The molecule has 0 aromatic heterocycles. The van der Waals surface area contributed by atoms with E-state index in [-0.39, 0.29) is 0 Å². The van der Waals surface area contributed by atoms with Gasteiger partial charge in [-0.15, -0.1) is 8.58 Å². The van der Waals surface area contributed by atoms with Gasteiger partial charge in [-0.25, -0.2) is 0 Å². The van der Waals surface area contributed by atoms with E-state index < -0.39 is 0 Å². The molecule has 0 amide bonds. The molecule has 0 rings (SSSR count). The molecule has 0 radical (unpaired) electrons. The summed E-state index contributed by atoms with van der Waals surface area (Å²) in [5, 5.41) is 0. The second-order valence-electron chi connectivity index (χ2n) is 6.84. The standard InChI is InChI=1S/C16H35P/c1-6-7-8-9-10-11-12-17-14-15(2)13-16(3,4)5/h15,17H,6-14H2,1-5H3. The van der Waals surface area contributed by atoms with Crippen LogP contribution in [0.15, 0.2) is 0 Å². The van der Waals surface area contributed by atoms with Crippen LogP contribution in [0.1, 0.15) is 79.6 Å². The van der Waals surface area contributed by atoms with Crippen LogP contribution in [-0.2, 0) is 0 Å². The van der Waals surface area contributed by atoms with Crippen molar-refractivity contribution in [2.45, 2.75) is 79.6 Å². The zero-order valence-corrected chi connectivity index (χ0v) is 13.9. The van der Waals surface area contributed by atoms with Crippen molar-refractivity contribution in [3.63, 3.8) is 0 Å². The van der Waals surface area contributed by atoms with Gasteiger partial charge in [0, 0.05) is 0 Å². The minimum Gasteiger partial charge on any atom is -0.122 e. The maximum absolute atomic E-state index is 2.43. The molecule has 0 spiro atoms. The van der Waals surface area contributed by atoms with Crippen molar-refractivity contribution in [2.75, 3.05) is 12.3 Å². The molecule has 0 aliphatic rings. The van der Waals surface area contributed by atoms with Crippen LogP contribution in [0.4, 0.5) is 0 Å².